The second kappa shape index (κ2) is 3.74. The van der Waals surface area contributed by atoms with E-state index in [1.54, 1.807) is 6.20 Å². The maximum Gasteiger partial charge on any atom is 0.356 e. The van der Waals surface area contributed by atoms with E-state index in [0.29, 0.717) is 0 Å². The number of carbonyl (C=O) groups is 1. The Labute approximate surface area is 86.7 Å². The van der Waals surface area contributed by atoms with E-state index in [-0.39, 0.29) is 0 Å². The molecule has 1 heterocycles. The standard InChI is InChI=1S/C11H11NO3/c1-15-11(14)10(13)12-7-6-8-4-2-3-5-9(8)12/h2-7,10,13H,1H3. The molecule has 0 spiro atoms. The van der Waals surface area contributed by atoms with Crippen molar-refractivity contribution in [2.75, 3.05) is 7.11 Å². The molecule has 0 aliphatic rings. The highest BCUT2D eigenvalue weighted by molar-refractivity contribution is 5.82. The Morgan fingerprint density at radius 3 is 2.87 bits per heavy atom. The average Bonchev–Trinajstić information content (AvgIpc) is 2.70. The molecule has 4 nitrogen and oxygen atoms in total. The lowest BCUT2D eigenvalue weighted by molar-refractivity contribution is -0.155. The molecule has 2 rings (SSSR count). The molecule has 2 aromatic rings. The van der Waals surface area contributed by atoms with Crippen molar-refractivity contribution in [1.82, 2.24) is 4.57 Å². The minimum Gasteiger partial charge on any atom is -0.466 e. The zero-order chi connectivity index (χ0) is 10.8. The molecule has 0 fully saturated rings. The molecule has 15 heavy (non-hydrogen) atoms. The van der Waals surface area contributed by atoms with Gasteiger partial charge in [-0.3, -0.25) is 0 Å². The zero-order valence-corrected chi connectivity index (χ0v) is 8.25. The molecule has 0 bridgehead atoms. The van der Waals surface area contributed by atoms with Gasteiger partial charge < -0.3 is 14.4 Å². The monoisotopic (exact) mass is 205 g/mol. The highest BCUT2D eigenvalue weighted by Gasteiger charge is 2.18. The molecule has 4 heteroatoms. The molecule has 0 radical (unpaired) electrons. The van der Waals surface area contributed by atoms with Gasteiger partial charge in [0, 0.05) is 6.20 Å². The van der Waals surface area contributed by atoms with E-state index in [1.807, 2.05) is 30.3 Å². The number of aliphatic hydroxyl groups excluding tert-OH is 1. The third kappa shape index (κ3) is 1.59. The number of para-hydroxylation sites is 1. The second-order valence-electron chi connectivity index (χ2n) is 3.18. The van der Waals surface area contributed by atoms with Gasteiger partial charge in [-0.1, -0.05) is 18.2 Å². The minimum absolute atomic E-state index is 0.670. The summed E-state index contributed by atoms with van der Waals surface area (Å²) in [6, 6.07) is 9.33. The Kier molecular flexibility index (Phi) is 2.43. The van der Waals surface area contributed by atoms with Gasteiger partial charge in [0.05, 0.1) is 12.6 Å². The quantitative estimate of drug-likeness (QED) is 0.752. The van der Waals surface area contributed by atoms with Gasteiger partial charge in [0.1, 0.15) is 0 Å². The van der Waals surface area contributed by atoms with Crippen LogP contribution in [0.25, 0.3) is 10.9 Å². The lowest BCUT2D eigenvalue weighted by Gasteiger charge is -2.11. The summed E-state index contributed by atoms with van der Waals surface area (Å²) >= 11 is 0. The molecular weight excluding hydrogens is 194 g/mol. The van der Waals surface area contributed by atoms with Crippen LogP contribution in [0, 0.1) is 0 Å². The van der Waals surface area contributed by atoms with Crippen molar-refractivity contribution in [2.24, 2.45) is 0 Å². The molecule has 0 saturated heterocycles. The van der Waals surface area contributed by atoms with Crippen LogP contribution in [0.1, 0.15) is 6.23 Å². The van der Waals surface area contributed by atoms with Crippen LogP contribution in [0.4, 0.5) is 0 Å². The zero-order valence-electron chi connectivity index (χ0n) is 8.25. The van der Waals surface area contributed by atoms with Crippen LogP contribution in [0.3, 0.4) is 0 Å². The highest BCUT2D eigenvalue weighted by Crippen LogP contribution is 2.19. The average molecular weight is 205 g/mol. The van der Waals surface area contributed by atoms with Gasteiger partial charge in [0.25, 0.3) is 0 Å². The number of ether oxygens (including phenoxy) is 1. The summed E-state index contributed by atoms with van der Waals surface area (Å²) in [6.07, 6.45) is 0.376. The molecular formula is C11H11NO3. The van der Waals surface area contributed by atoms with Crippen molar-refractivity contribution >= 4 is 16.9 Å². The number of benzene rings is 1. The number of carbonyl (C=O) groups excluding carboxylic acids is 1. The van der Waals surface area contributed by atoms with Gasteiger partial charge >= 0.3 is 5.97 Å². The van der Waals surface area contributed by atoms with Crippen molar-refractivity contribution in [3.63, 3.8) is 0 Å². The lowest BCUT2D eigenvalue weighted by atomic mass is 10.2. The Bertz CT molecular complexity index is 489. The van der Waals surface area contributed by atoms with E-state index in [4.69, 9.17) is 0 Å². The van der Waals surface area contributed by atoms with Gasteiger partial charge in [-0.05, 0) is 17.5 Å². The van der Waals surface area contributed by atoms with Gasteiger partial charge in [-0.2, -0.15) is 0 Å². The number of aliphatic hydroxyl groups is 1. The molecule has 0 aliphatic heterocycles. The Morgan fingerprint density at radius 2 is 2.13 bits per heavy atom. The predicted octanol–water partition coefficient (Wildman–Crippen LogP) is 1.31. The summed E-state index contributed by atoms with van der Waals surface area (Å²) < 4.78 is 5.95. The molecule has 0 saturated carbocycles. The molecule has 1 aromatic heterocycles. The van der Waals surface area contributed by atoms with Crippen LogP contribution in [0.5, 0.6) is 0 Å². The van der Waals surface area contributed by atoms with E-state index < -0.39 is 12.2 Å². The number of fused-ring (bicyclic) bond motifs is 1. The fourth-order valence-electron chi connectivity index (χ4n) is 1.54. The molecule has 1 unspecified atom stereocenters. The van der Waals surface area contributed by atoms with Crippen molar-refractivity contribution < 1.29 is 14.6 Å². The van der Waals surface area contributed by atoms with Gasteiger partial charge in [0.2, 0.25) is 6.23 Å². The number of rotatable bonds is 2. The minimum atomic E-state index is -1.28. The first kappa shape index (κ1) is 9.73. The normalized spacial score (nSPS) is 12.7. The number of esters is 1. The number of hydrogen-bond acceptors (Lipinski definition) is 3. The summed E-state index contributed by atoms with van der Waals surface area (Å²) in [5, 5.41) is 10.6. The number of methoxy groups -OCH3 is 1. The van der Waals surface area contributed by atoms with E-state index in [2.05, 4.69) is 4.74 Å². The maximum absolute atomic E-state index is 11.2. The van der Waals surface area contributed by atoms with Crippen LogP contribution >= 0.6 is 0 Å². The van der Waals surface area contributed by atoms with Crippen LogP contribution in [0.15, 0.2) is 36.5 Å². The summed E-state index contributed by atoms with van der Waals surface area (Å²) in [7, 11) is 1.25. The molecule has 0 aliphatic carbocycles. The number of hydrogen-bond donors (Lipinski definition) is 1. The molecule has 1 N–H and O–H groups in total. The number of aromatic nitrogens is 1. The van der Waals surface area contributed by atoms with E-state index >= 15 is 0 Å². The fraction of sp³-hybridized carbons (Fsp3) is 0.182. The third-order valence-corrected chi connectivity index (χ3v) is 2.31. The summed E-state index contributed by atoms with van der Waals surface area (Å²) in [5.41, 5.74) is 0.801. The highest BCUT2D eigenvalue weighted by atomic mass is 16.5. The maximum atomic E-state index is 11.2. The van der Waals surface area contributed by atoms with E-state index in [0.717, 1.165) is 10.9 Å². The van der Waals surface area contributed by atoms with E-state index in [1.165, 1.54) is 11.7 Å². The summed E-state index contributed by atoms with van der Waals surface area (Å²) in [4.78, 5) is 11.2. The van der Waals surface area contributed by atoms with Crippen molar-refractivity contribution in [2.45, 2.75) is 6.23 Å². The van der Waals surface area contributed by atoms with Crippen molar-refractivity contribution in [3.8, 4) is 0 Å². The topological polar surface area (TPSA) is 51.5 Å². The smallest absolute Gasteiger partial charge is 0.356 e. The van der Waals surface area contributed by atoms with Crippen LogP contribution in [-0.4, -0.2) is 22.8 Å². The van der Waals surface area contributed by atoms with E-state index in [9.17, 15) is 9.90 Å². The Balaban J connectivity index is 2.48. The predicted molar refractivity (Wildman–Crippen MR) is 55.2 cm³/mol. The fourth-order valence-corrected chi connectivity index (χ4v) is 1.54. The van der Waals surface area contributed by atoms with Crippen LogP contribution in [0.2, 0.25) is 0 Å². The Morgan fingerprint density at radius 1 is 1.40 bits per heavy atom. The second-order valence-corrected chi connectivity index (χ2v) is 3.18. The van der Waals surface area contributed by atoms with Crippen molar-refractivity contribution in [3.05, 3.63) is 36.5 Å². The molecule has 1 aromatic carbocycles. The first-order chi connectivity index (χ1) is 7.24. The summed E-state index contributed by atoms with van der Waals surface area (Å²) in [6.45, 7) is 0. The molecule has 78 valence electrons. The van der Waals surface area contributed by atoms with Crippen LogP contribution < -0.4 is 0 Å². The first-order valence-corrected chi connectivity index (χ1v) is 4.55. The lowest BCUT2D eigenvalue weighted by Crippen LogP contribution is -2.19. The van der Waals surface area contributed by atoms with Crippen LogP contribution in [-0.2, 0) is 9.53 Å². The molecule has 0 amide bonds. The largest absolute Gasteiger partial charge is 0.466 e. The van der Waals surface area contributed by atoms with Gasteiger partial charge in [-0.15, -0.1) is 0 Å². The van der Waals surface area contributed by atoms with Gasteiger partial charge in [0.15, 0.2) is 0 Å². The van der Waals surface area contributed by atoms with Crippen molar-refractivity contribution in [1.29, 1.82) is 0 Å². The number of nitrogens with zero attached hydrogens (tertiary/aromatic N) is 1. The first-order valence-electron chi connectivity index (χ1n) is 4.55. The SMILES string of the molecule is COC(=O)C(O)n1ccc2ccccc21. The Hall–Kier alpha value is -1.81. The summed E-state index contributed by atoms with van der Waals surface area (Å²) in [5.74, 6) is -0.670. The van der Waals surface area contributed by atoms with Gasteiger partial charge in [-0.25, -0.2) is 4.79 Å². The third-order valence-electron chi connectivity index (χ3n) is 2.31. The molecule has 1 atom stereocenters.